The molecule has 0 atom stereocenters. The number of thiazole rings is 1. The normalized spacial score (nSPS) is 10.7. The summed E-state index contributed by atoms with van der Waals surface area (Å²) in [5.41, 5.74) is 0.632. The van der Waals surface area contributed by atoms with E-state index in [0.29, 0.717) is 27.9 Å². The first-order valence-corrected chi connectivity index (χ1v) is 7.79. The van der Waals surface area contributed by atoms with Crippen molar-refractivity contribution in [3.63, 3.8) is 0 Å². The van der Waals surface area contributed by atoms with Crippen molar-refractivity contribution in [3.8, 4) is 10.8 Å². The van der Waals surface area contributed by atoms with Gasteiger partial charge in [-0.2, -0.15) is 0 Å². The molecule has 1 N–H and O–H groups in total. The molecule has 0 saturated heterocycles. The van der Waals surface area contributed by atoms with E-state index in [-0.39, 0.29) is 18.9 Å². The number of aromatic nitrogens is 1. The van der Waals surface area contributed by atoms with Crippen LogP contribution in [-0.2, 0) is 4.79 Å². The van der Waals surface area contributed by atoms with Crippen molar-refractivity contribution < 1.29 is 19.1 Å². The van der Waals surface area contributed by atoms with Gasteiger partial charge in [0.15, 0.2) is 10.8 Å². The fourth-order valence-corrected chi connectivity index (χ4v) is 3.02. The number of hydrogen-bond donors (Lipinski definition) is 1. The maximum absolute atomic E-state index is 12.5. The molecular formula is C15H18N2O4S. The van der Waals surface area contributed by atoms with Gasteiger partial charge in [-0.25, -0.2) is 4.98 Å². The molecule has 0 aliphatic carbocycles. The minimum absolute atomic E-state index is 0.0678. The highest BCUT2D eigenvalue weighted by atomic mass is 32.1. The van der Waals surface area contributed by atoms with E-state index in [9.17, 15) is 9.59 Å². The van der Waals surface area contributed by atoms with Gasteiger partial charge in [0.1, 0.15) is 10.6 Å². The lowest BCUT2D eigenvalue weighted by molar-refractivity contribution is -0.137. The van der Waals surface area contributed by atoms with Crippen LogP contribution < -0.4 is 0 Å². The predicted molar refractivity (Wildman–Crippen MR) is 83.1 cm³/mol. The second kappa shape index (κ2) is 6.74. The summed E-state index contributed by atoms with van der Waals surface area (Å²) in [5.74, 6) is 0.318. The molecule has 0 aromatic carbocycles. The Kier molecular flexibility index (Phi) is 4.97. The molecular weight excluding hydrogens is 304 g/mol. The molecule has 1 amide bonds. The van der Waals surface area contributed by atoms with E-state index in [4.69, 9.17) is 9.52 Å². The first-order chi connectivity index (χ1) is 10.4. The fourth-order valence-electron chi connectivity index (χ4n) is 2.03. The van der Waals surface area contributed by atoms with Crippen molar-refractivity contribution in [3.05, 3.63) is 28.5 Å². The van der Waals surface area contributed by atoms with E-state index in [2.05, 4.69) is 4.98 Å². The van der Waals surface area contributed by atoms with E-state index in [1.165, 1.54) is 16.2 Å². The third-order valence-electron chi connectivity index (χ3n) is 3.21. The minimum Gasteiger partial charge on any atom is -0.481 e. The standard InChI is InChI=1S/C15H18N2O4S/c1-4-17(8-7-12(18)19)15(20)13-10(3)16-14(22-13)11-6-5-9(2)21-11/h5-6H,4,7-8H2,1-3H3,(H,18,19). The Morgan fingerprint density at radius 3 is 2.64 bits per heavy atom. The van der Waals surface area contributed by atoms with Gasteiger partial charge < -0.3 is 14.4 Å². The highest BCUT2D eigenvalue weighted by Crippen LogP contribution is 2.30. The van der Waals surface area contributed by atoms with Crippen molar-refractivity contribution in [2.24, 2.45) is 0 Å². The van der Waals surface area contributed by atoms with Crippen molar-refractivity contribution in [1.82, 2.24) is 9.88 Å². The van der Waals surface area contributed by atoms with E-state index >= 15 is 0 Å². The number of aliphatic carboxylic acids is 1. The lowest BCUT2D eigenvalue weighted by Crippen LogP contribution is -2.32. The topological polar surface area (TPSA) is 83.6 Å². The van der Waals surface area contributed by atoms with Gasteiger partial charge in [-0.05, 0) is 32.9 Å². The van der Waals surface area contributed by atoms with Crippen LogP contribution in [0, 0.1) is 13.8 Å². The zero-order valence-corrected chi connectivity index (χ0v) is 13.6. The number of carboxylic acid groups (broad SMARTS) is 1. The average Bonchev–Trinajstić information content (AvgIpc) is 3.05. The molecule has 2 aromatic heterocycles. The molecule has 0 unspecified atom stereocenters. The van der Waals surface area contributed by atoms with E-state index in [0.717, 1.165) is 5.76 Å². The van der Waals surface area contributed by atoms with E-state index < -0.39 is 5.97 Å². The summed E-state index contributed by atoms with van der Waals surface area (Å²) >= 11 is 1.27. The van der Waals surface area contributed by atoms with Gasteiger partial charge in [-0.15, -0.1) is 11.3 Å². The maximum Gasteiger partial charge on any atom is 0.305 e. The first kappa shape index (κ1) is 16.2. The van der Waals surface area contributed by atoms with Crippen molar-refractivity contribution in [2.75, 3.05) is 13.1 Å². The molecule has 0 saturated carbocycles. The predicted octanol–water partition coefficient (Wildman–Crippen LogP) is 2.96. The fraction of sp³-hybridized carbons (Fsp3) is 0.400. The Morgan fingerprint density at radius 1 is 1.36 bits per heavy atom. The minimum atomic E-state index is -0.918. The second-order valence-corrected chi connectivity index (χ2v) is 5.87. The van der Waals surface area contributed by atoms with Crippen molar-refractivity contribution >= 4 is 23.2 Å². The summed E-state index contributed by atoms with van der Waals surface area (Å²) in [6.07, 6.45) is -0.0678. The van der Waals surface area contributed by atoms with Crippen molar-refractivity contribution in [1.29, 1.82) is 0 Å². The molecule has 2 rings (SSSR count). The summed E-state index contributed by atoms with van der Waals surface area (Å²) < 4.78 is 5.53. The summed E-state index contributed by atoms with van der Waals surface area (Å²) in [6, 6.07) is 3.67. The number of carbonyl (C=O) groups excluding carboxylic acids is 1. The zero-order chi connectivity index (χ0) is 16.3. The number of rotatable bonds is 6. The van der Waals surface area contributed by atoms with Crippen LogP contribution in [0.5, 0.6) is 0 Å². The van der Waals surface area contributed by atoms with Crippen LogP contribution in [0.3, 0.4) is 0 Å². The van der Waals surface area contributed by atoms with Gasteiger partial charge in [0.25, 0.3) is 5.91 Å². The summed E-state index contributed by atoms with van der Waals surface area (Å²) in [4.78, 5) is 29.6. The van der Waals surface area contributed by atoms with Crippen molar-refractivity contribution in [2.45, 2.75) is 27.2 Å². The van der Waals surface area contributed by atoms with Gasteiger partial charge in [0.05, 0.1) is 12.1 Å². The van der Waals surface area contributed by atoms with Gasteiger partial charge in [-0.3, -0.25) is 9.59 Å². The summed E-state index contributed by atoms with van der Waals surface area (Å²) in [6.45, 7) is 6.09. The first-order valence-electron chi connectivity index (χ1n) is 6.97. The molecule has 118 valence electrons. The molecule has 0 spiro atoms. The van der Waals surface area contributed by atoms with Crippen LogP contribution in [-0.4, -0.2) is 40.0 Å². The number of hydrogen-bond acceptors (Lipinski definition) is 5. The largest absolute Gasteiger partial charge is 0.481 e. The van der Waals surface area contributed by atoms with E-state index in [1.54, 1.807) is 6.92 Å². The lowest BCUT2D eigenvalue weighted by Gasteiger charge is -2.19. The van der Waals surface area contributed by atoms with Crippen LogP contribution in [0.4, 0.5) is 0 Å². The average molecular weight is 322 g/mol. The number of carboxylic acids is 1. The van der Waals surface area contributed by atoms with Crippen LogP contribution in [0.2, 0.25) is 0 Å². The lowest BCUT2D eigenvalue weighted by atomic mass is 10.3. The second-order valence-electron chi connectivity index (χ2n) is 4.87. The third kappa shape index (κ3) is 3.54. The monoisotopic (exact) mass is 322 g/mol. The van der Waals surface area contributed by atoms with Gasteiger partial charge in [0.2, 0.25) is 0 Å². The van der Waals surface area contributed by atoms with Crippen LogP contribution >= 0.6 is 11.3 Å². The Balaban J connectivity index is 2.22. The van der Waals surface area contributed by atoms with E-state index in [1.807, 2.05) is 26.0 Å². The Labute approximate surface area is 132 Å². The molecule has 7 heteroatoms. The summed E-state index contributed by atoms with van der Waals surface area (Å²) in [7, 11) is 0. The molecule has 0 aliphatic heterocycles. The van der Waals surface area contributed by atoms with Gasteiger partial charge in [-0.1, -0.05) is 0 Å². The molecule has 0 radical (unpaired) electrons. The molecule has 6 nitrogen and oxygen atoms in total. The number of aryl methyl sites for hydroxylation is 2. The number of nitrogens with zero attached hydrogens (tertiary/aromatic N) is 2. The molecule has 0 fully saturated rings. The number of amides is 1. The molecule has 0 bridgehead atoms. The molecule has 2 heterocycles. The SMILES string of the molecule is CCN(CCC(=O)O)C(=O)c1sc(-c2ccc(C)o2)nc1C. The summed E-state index contributed by atoms with van der Waals surface area (Å²) in [5, 5.41) is 9.42. The number of furan rings is 1. The highest BCUT2D eigenvalue weighted by molar-refractivity contribution is 7.17. The van der Waals surface area contributed by atoms with Gasteiger partial charge >= 0.3 is 5.97 Å². The Bertz CT molecular complexity index is 690. The molecule has 2 aromatic rings. The van der Waals surface area contributed by atoms with Crippen LogP contribution in [0.25, 0.3) is 10.8 Å². The van der Waals surface area contributed by atoms with Crippen LogP contribution in [0.1, 0.15) is 34.5 Å². The van der Waals surface area contributed by atoms with Crippen LogP contribution in [0.15, 0.2) is 16.5 Å². The Morgan fingerprint density at radius 2 is 2.09 bits per heavy atom. The quantitative estimate of drug-likeness (QED) is 0.884. The molecule has 22 heavy (non-hydrogen) atoms. The maximum atomic E-state index is 12.5. The molecule has 0 aliphatic rings. The Hall–Kier alpha value is -2.15. The smallest absolute Gasteiger partial charge is 0.305 e. The van der Waals surface area contributed by atoms with Gasteiger partial charge in [0, 0.05) is 13.1 Å². The zero-order valence-electron chi connectivity index (χ0n) is 12.8. The number of carbonyl (C=O) groups is 2. The highest BCUT2D eigenvalue weighted by Gasteiger charge is 2.22. The third-order valence-corrected chi connectivity index (χ3v) is 4.37.